The van der Waals surface area contributed by atoms with E-state index in [-0.39, 0.29) is 0 Å². The maximum absolute atomic E-state index is 10.0. The summed E-state index contributed by atoms with van der Waals surface area (Å²) in [4.78, 5) is 15.8. The average molecular weight is 482 g/mol. The Labute approximate surface area is 209 Å². The Hall–Kier alpha value is -4.42. The van der Waals surface area contributed by atoms with Crippen LogP contribution in [0.25, 0.3) is 11.0 Å². The van der Waals surface area contributed by atoms with Crippen LogP contribution in [0.3, 0.4) is 0 Å². The molecule has 3 heterocycles. The van der Waals surface area contributed by atoms with Gasteiger partial charge in [-0.1, -0.05) is 6.07 Å². The highest BCUT2D eigenvalue weighted by molar-refractivity contribution is 5.89. The summed E-state index contributed by atoms with van der Waals surface area (Å²) in [6, 6.07) is 15.6. The number of nitrogens with zero attached hydrogens (tertiary/aromatic N) is 5. The Bertz CT molecular complexity index is 1410. The number of pyridine rings is 1. The Morgan fingerprint density at radius 2 is 1.92 bits per heavy atom. The third-order valence-electron chi connectivity index (χ3n) is 6.06. The van der Waals surface area contributed by atoms with Crippen LogP contribution >= 0.6 is 0 Å². The summed E-state index contributed by atoms with van der Waals surface area (Å²) in [5.74, 6) is 1.99. The number of fused-ring (bicyclic) bond motifs is 1. The molecule has 5 rings (SSSR count). The average Bonchev–Trinajstić information content (AvgIpc) is 2.93. The van der Waals surface area contributed by atoms with Gasteiger partial charge in [0.05, 0.1) is 24.5 Å². The Balaban J connectivity index is 1.39. The van der Waals surface area contributed by atoms with Gasteiger partial charge in [0.1, 0.15) is 29.6 Å². The summed E-state index contributed by atoms with van der Waals surface area (Å²) < 4.78 is 11.5. The fraction of sp³-hybridized carbons (Fsp3) is 0.259. The van der Waals surface area contributed by atoms with Crippen LogP contribution in [0.4, 0.5) is 17.2 Å². The lowest BCUT2D eigenvalue weighted by Gasteiger charge is -2.28. The topological polar surface area (TPSA) is 108 Å². The van der Waals surface area contributed by atoms with Crippen molar-refractivity contribution in [1.82, 2.24) is 20.3 Å². The number of benzene rings is 2. The Morgan fingerprint density at radius 3 is 2.67 bits per heavy atom. The molecule has 4 aromatic rings. The van der Waals surface area contributed by atoms with Gasteiger partial charge in [-0.25, -0.2) is 4.98 Å². The molecule has 182 valence electrons. The standard InChI is InChI=1S/C27H27N7O2/c1-18-3-4-19(15-30-18)17-36-24-8-5-20(13-25(24)35-2)32-22-6-7-23-27(21(22)14-28)33-26(16-31-23)34-11-9-29-10-12-34/h3-8,13,15-16,29,32H,9-12,17H2,1-2H3. The first-order chi connectivity index (χ1) is 17.6. The molecule has 2 N–H and O–H groups in total. The number of rotatable bonds is 7. The third-order valence-corrected chi connectivity index (χ3v) is 6.06. The number of aryl methyl sites for hydroxylation is 1. The smallest absolute Gasteiger partial charge is 0.162 e. The molecule has 0 radical (unpaired) electrons. The molecule has 1 aliphatic rings. The molecule has 2 aromatic carbocycles. The lowest BCUT2D eigenvalue weighted by molar-refractivity contribution is 0.284. The van der Waals surface area contributed by atoms with Gasteiger partial charge < -0.3 is 25.0 Å². The van der Waals surface area contributed by atoms with Crippen LogP contribution in [0.15, 0.2) is 54.9 Å². The van der Waals surface area contributed by atoms with Gasteiger partial charge in [0.2, 0.25) is 0 Å². The monoisotopic (exact) mass is 481 g/mol. The van der Waals surface area contributed by atoms with E-state index in [1.165, 1.54) is 0 Å². The van der Waals surface area contributed by atoms with Gasteiger partial charge in [-0.15, -0.1) is 0 Å². The molecular weight excluding hydrogens is 454 g/mol. The fourth-order valence-electron chi connectivity index (χ4n) is 4.10. The minimum absolute atomic E-state index is 0.383. The number of nitrogens with one attached hydrogen (secondary N) is 2. The number of ether oxygens (including phenoxy) is 2. The number of methoxy groups -OCH3 is 1. The second-order valence-electron chi connectivity index (χ2n) is 8.52. The summed E-state index contributed by atoms with van der Waals surface area (Å²) in [6.45, 7) is 5.84. The fourth-order valence-corrected chi connectivity index (χ4v) is 4.10. The Morgan fingerprint density at radius 1 is 1.06 bits per heavy atom. The van der Waals surface area contributed by atoms with E-state index in [0.717, 1.165) is 48.9 Å². The van der Waals surface area contributed by atoms with Crippen molar-refractivity contribution in [2.75, 3.05) is 43.5 Å². The summed E-state index contributed by atoms with van der Waals surface area (Å²) in [5.41, 5.74) is 5.06. The quantitative estimate of drug-likeness (QED) is 0.406. The summed E-state index contributed by atoms with van der Waals surface area (Å²) in [7, 11) is 1.60. The number of nitriles is 1. The van der Waals surface area contributed by atoms with Crippen LogP contribution in [-0.4, -0.2) is 48.2 Å². The van der Waals surface area contributed by atoms with Gasteiger partial charge >= 0.3 is 0 Å². The maximum atomic E-state index is 10.0. The second kappa shape index (κ2) is 10.5. The minimum atomic E-state index is 0.383. The predicted molar refractivity (Wildman–Crippen MR) is 139 cm³/mol. The lowest BCUT2D eigenvalue weighted by atomic mass is 10.1. The van der Waals surface area contributed by atoms with Crippen molar-refractivity contribution in [3.63, 3.8) is 0 Å². The van der Waals surface area contributed by atoms with Crippen molar-refractivity contribution < 1.29 is 9.47 Å². The van der Waals surface area contributed by atoms with Crippen LogP contribution in [0.1, 0.15) is 16.8 Å². The van der Waals surface area contributed by atoms with E-state index in [1.54, 1.807) is 19.5 Å². The molecule has 0 aliphatic carbocycles. The Kier molecular flexibility index (Phi) is 6.78. The lowest BCUT2D eigenvalue weighted by Crippen LogP contribution is -2.43. The van der Waals surface area contributed by atoms with Gasteiger partial charge in [0.15, 0.2) is 11.5 Å². The SMILES string of the molecule is COc1cc(Nc2ccc3ncc(N4CCNCC4)nc3c2C#N)ccc1OCc1ccc(C)nc1. The number of hydrogen-bond acceptors (Lipinski definition) is 9. The molecule has 1 saturated heterocycles. The van der Waals surface area contributed by atoms with Gasteiger partial charge in [-0.2, -0.15) is 5.26 Å². The molecule has 0 spiro atoms. The van der Waals surface area contributed by atoms with Crippen molar-refractivity contribution in [3.05, 3.63) is 71.7 Å². The molecule has 0 bridgehead atoms. The first kappa shape index (κ1) is 23.3. The molecule has 0 unspecified atom stereocenters. The van der Waals surface area contributed by atoms with E-state index in [0.29, 0.717) is 40.4 Å². The van der Waals surface area contributed by atoms with E-state index in [1.807, 2.05) is 49.4 Å². The zero-order valence-corrected chi connectivity index (χ0v) is 20.3. The van der Waals surface area contributed by atoms with Gasteiger partial charge in [0.25, 0.3) is 0 Å². The predicted octanol–water partition coefficient (Wildman–Crippen LogP) is 3.95. The first-order valence-electron chi connectivity index (χ1n) is 11.8. The largest absolute Gasteiger partial charge is 0.493 e. The zero-order chi connectivity index (χ0) is 24.9. The highest BCUT2D eigenvalue weighted by Gasteiger charge is 2.16. The van der Waals surface area contributed by atoms with Crippen molar-refractivity contribution in [1.29, 1.82) is 5.26 Å². The molecule has 9 nitrogen and oxygen atoms in total. The summed E-state index contributed by atoms with van der Waals surface area (Å²) in [5, 5.41) is 16.7. The van der Waals surface area contributed by atoms with Crippen molar-refractivity contribution in [2.24, 2.45) is 0 Å². The molecule has 0 atom stereocenters. The highest BCUT2D eigenvalue weighted by Crippen LogP contribution is 2.34. The van der Waals surface area contributed by atoms with Crippen molar-refractivity contribution in [2.45, 2.75) is 13.5 Å². The minimum Gasteiger partial charge on any atom is -0.493 e. The molecule has 0 saturated carbocycles. The molecule has 0 amide bonds. The van der Waals surface area contributed by atoms with Crippen LogP contribution in [0, 0.1) is 18.3 Å². The van der Waals surface area contributed by atoms with E-state index in [9.17, 15) is 5.26 Å². The normalized spacial score (nSPS) is 13.3. The molecule has 1 aliphatic heterocycles. The molecule has 36 heavy (non-hydrogen) atoms. The summed E-state index contributed by atoms with van der Waals surface area (Å²) >= 11 is 0. The van der Waals surface area contributed by atoms with Gasteiger partial charge in [-0.3, -0.25) is 9.97 Å². The van der Waals surface area contributed by atoms with Crippen LogP contribution in [0.2, 0.25) is 0 Å². The van der Waals surface area contributed by atoms with Crippen LogP contribution < -0.4 is 25.0 Å². The van der Waals surface area contributed by atoms with Crippen molar-refractivity contribution in [3.8, 4) is 17.6 Å². The van der Waals surface area contributed by atoms with E-state index < -0.39 is 0 Å². The molecule has 9 heteroatoms. The van der Waals surface area contributed by atoms with Gasteiger partial charge in [0, 0.05) is 55.4 Å². The van der Waals surface area contributed by atoms with Crippen LogP contribution in [-0.2, 0) is 6.61 Å². The number of piperazine rings is 1. The van der Waals surface area contributed by atoms with E-state index >= 15 is 0 Å². The van der Waals surface area contributed by atoms with Gasteiger partial charge in [-0.05, 0) is 37.3 Å². The summed E-state index contributed by atoms with van der Waals surface area (Å²) in [6.07, 6.45) is 3.58. The van der Waals surface area contributed by atoms with E-state index in [4.69, 9.17) is 14.5 Å². The third kappa shape index (κ3) is 4.99. The van der Waals surface area contributed by atoms with E-state index in [2.05, 4.69) is 31.6 Å². The number of anilines is 3. The van der Waals surface area contributed by atoms with Crippen molar-refractivity contribution >= 4 is 28.2 Å². The second-order valence-corrected chi connectivity index (χ2v) is 8.52. The molecule has 2 aromatic heterocycles. The molecular formula is C27H27N7O2. The van der Waals surface area contributed by atoms with Crippen LogP contribution in [0.5, 0.6) is 11.5 Å². The number of hydrogen-bond donors (Lipinski definition) is 2. The maximum Gasteiger partial charge on any atom is 0.162 e. The zero-order valence-electron chi connectivity index (χ0n) is 20.3. The first-order valence-corrected chi connectivity index (χ1v) is 11.8. The highest BCUT2D eigenvalue weighted by atomic mass is 16.5. The number of aromatic nitrogens is 3. The molecule has 1 fully saturated rings.